The van der Waals surface area contributed by atoms with E-state index < -0.39 is 16.5 Å². The average molecular weight is 638 g/mol. The third kappa shape index (κ3) is 6.38. The van der Waals surface area contributed by atoms with Gasteiger partial charge in [-0.05, 0) is 26.2 Å². The summed E-state index contributed by atoms with van der Waals surface area (Å²) in [5.74, 6) is 0. The largest absolute Gasteiger partial charge is 2.00 e. The molecule has 0 aliphatic heterocycles. The van der Waals surface area contributed by atoms with Crippen molar-refractivity contribution in [3.05, 3.63) is 45.6 Å². The van der Waals surface area contributed by atoms with Gasteiger partial charge in [0.15, 0.2) is 0 Å². The van der Waals surface area contributed by atoms with E-state index in [0.29, 0.717) is 0 Å². The van der Waals surface area contributed by atoms with Crippen LogP contribution >= 0.6 is 0 Å². The fourth-order valence-corrected chi connectivity index (χ4v) is 13.9. The Labute approximate surface area is 263 Å². The molecule has 0 bridgehead atoms. The van der Waals surface area contributed by atoms with Gasteiger partial charge in [0, 0.05) is 0 Å². The maximum atomic E-state index is 3.78. The Balaban J connectivity index is 0.000000642. The molecular weight excluding hydrogens is 582 g/mol. The molecule has 0 saturated heterocycles. The molecule has 2 aliphatic carbocycles. The molecule has 0 saturated carbocycles. The zero-order valence-electron chi connectivity index (χ0n) is 26.4. The van der Waals surface area contributed by atoms with Crippen molar-refractivity contribution < 1.29 is 0 Å². The Bertz CT molecular complexity index is 801. The van der Waals surface area contributed by atoms with E-state index in [1.54, 1.807) is 11.1 Å². The van der Waals surface area contributed by atoms with Crippen LogP contribution in [0.25, 0.3) is 0 Å². The van der Waals surface area contributed by atoms with Crippen LogP contribution in [0.3, 0.4) is 0 Å². The molecule has 2 atom stereocenters. The van der Waals surface area contributed by atoms with E-state index in [1.807, 2.05) is 0 Å². The van der Waals surface area contributed by atoms with Gasteiger partial charge in [-0.2, -0.15) is 22.3 Å². The fourth-order valence-electron chi connectivity index (χ4n) is 6.32. The maximum absolute atomic E-state index is 3.78. The minimum atomic E-state index is -1.53. The third-order valence-corrected chi connectivity index (χ3v) is 20.5. The molecule has 2 unspecified atom stereocenters. The minimum absolute atomic E-state index is 0. The summed E-state index contributed by atoms with van der Waals surface area (Å²) >= 11 is 0. The van der Waals surface area contributed by atoms with Crippen LogP contribution in [0.4, 0.5) is 0 Å². The van der Waals surface area contributed by atoms with E-state index in [-0.39, 0.29) is 59.0 Å². The number of rotatable bonds is 8. The summed E-state index contributed by atoms with van der Waals surface area (Å²) in [7, 11) is -3.05. The van der Waals surface area contributed by atoms with E-state index in [1.165, 1.54) is 22.3 Å². The van der Waals surface area contributed by atoms with Crippen LogP contribution in [0.2, 0.25) is 36.3 Å². The van der Waals surface area contributed by atoms with Crippen molar-refractivity contribution in [1.29, 1.82) is 0 Å². The van der Waals surface area contributed by atoms with Crippen molar-refractivity contribution in [2.24, 2.45) is 0 Å². The summed E-state index contributed by atoms with van der Waals surface area (Å²) in [5, 5.41) is 0.348. The Kier molecular flexibility index (Phi) is 13.6. The number of nitrogens with zero attached hydrogens (tertiary/aromatic N) is 2. The zero-order valence-corrected chi connectivity index (χ0v) is 32.9. The molecule has 5 heteroatoms. The number of hydrogen-bond donors (Lipinski definition) is 0. The smallest absolute Gasteiger partial charge is 0.325 e. The summed E-state index contributed by atoms with van der Waals surface area (Å²) in [4.78, 5) is 0. The summed E-state index contributed by atoms with van der Waals surface area (Å²) in [6.45, 7) is 42.0. The van der Waals surface area contributed by atoms with Gasteiger partial charge in [-0.3, -0.25) is 12.2 Å². The van der Waals surface area contributed by atoms with Crippen LogP contribution in [-0.2, 0) is 0 Å². The molecule has 0 heterocycles. The van der Waals surface area contributed by atoms with Gasteiger partial charge >= 0.3 is 48.9 Å². The zero-order chi connectivity index (χ0) is 26.9. The van der Waals surface area contributed by atoms with Crippen molar-refractivity contribution in [1.82, 2.24) is 9.13 Å². The van der Waals surface area contributed by atoms with Crippen LogP contribution in [0.1, 0.15) is 83.1 Å². The number of allylic oxidation sites excluding steroid dienone is 8. The molecule has 2 aliphatic rings. The van der Waals surface area contributed by atoms with Crippen molar-refractivity contribution in [2.45, 2.75) is 119 Å². The first-order valence-corrected chi connectivity index (χ1v) is 19.4. The normalized spacial score (nSPS) is 25.1. The van der Waals surface area contributed by atoms with Gasteiger partial charge in [0.2, 0.25) is 0 Å². The Hall–Kier alpha value is 0.885. The van der Waals surface area contributed by atoms with E-state index in [4.69, 9.17) is 0 Å². The second-order valence-corrected chi connectivity index (χ2v) is 21.2. The van der Waals surface area contributed by atoms with E-state index in [0.717, 1.165) is 26.2 Å². The Morgan fingerprint density at radius 3 is 0.943 bits per heavy atom. The summed E-state index contributed by atoms with van der Waals surface area (Å²) in [5.41, 5.74) is 8.72. The molecule has 0 aromatic carbocycles. The van der Waals surface area contributed by atoms with Crippen LogP contribution in [-0.4, -0.2) is 101 Å². The third-order valence-electron chi connectivity index (χ3n) is 10.2. The van der Waals surface area contributed by atoms with Crippen molar-refractivity contribution in [3.63, 3.8) is 0 Å². The first-order chi connectivity index (χ1) is 15.4. The molecule has 0 spiro atoms. The molecule has 0 aromatic heterocycles. The molecule has 35 heavy (non-hydrogen) atoms. The van der Waals surface area contributed by atoms with Gasteiger partial charge in [0.1, 0.15) is 16.5 Å². The van der Waals surface area contributed by atoms with E-state index in [9.17, 15) is 0 Å². The number of hydrogen-bond acceptors (Lipinski definition) is 2. The van der Waals surface area contributed by atoms with Gasteiger partial charge in [0.25, 0.3) is 0 Å². The van der Waals surface area contributed by atoms with Gasteiger partial charge in [-0.25, -0.2) is 11.1 Å². The Morgan fingerprint density at radius 1 is 0.571 bits per heavy atom. The monoisotopic (exact) mass is 638 g/mol. The SMILES string of the molecule is CCN(CC)[Si](C)(C)C1(C)[C-]=C(C)C(C)=C1C.CCN(CC)[Si](C)(C)C1(C)[C-]=C(C)C(C)=C1C.[Ba+2]. The quantitative estimate of drug-likeness (QED) is 0.195. The standard InChI is InChI=1S/2C15H28NSi.Ba/c2*1-9-16(10-2)17(7,8)15(6)11-12(3)13(4)14(15)5;/h2*9-10H2,1-8H3;/q2*-1;+2. The molecule has 0 N–H and O–H groups in total. The fraction of sp³-hybridized carbons (Fsp3) is 0.733. The second kappa shape index (κ2) is 13.3. The second-order valence-electron chi connectivity index (χ2n) is 11.7. The first kappa shape index (κ1) is 35.9. The average Bonchev–Trinajstić information content (AvgIpc) is 3.10. The van der Waals surface area contributed by atoms with Gasteiger partial charge in [-0.1, -0.05) is 106 Å². The maximum Gasteiger partial charge on any atom is 2.00 e. The predicted molar refractivity (Wildman–Crippen MR) is 165 cm³/mol. The molecule has 0 aromatic rings. The molecule has 2 rings (SSSR count). The van der Waals surface area contributed by atoms with Gasteiger partial charge in [-0.15, -0.1) is 13.8 Å². The molecule has 0 amide bonds. The predicted octanol–water partition coefficient (Wildman–Crippen LogP) is 8.41. The van der Waals surface area contributed by atoms with Crippen molar-refractivity contribution in [2.75, 3.05) is 26.2 Å². The first-order valence-electron chi connectivity index (χ1n) is 13.5. The molecule has 196 valence electrons. The molecule has 2 nitrogen and oxygen atoms in total. The molecule has 0 radical (unpaired) electrons. The van der Waals surface area contributed by atoms with Crippen LogP contribution in [0.15, 0.2) is 33.4 Å². The van der Waals surface area contributed by atoms with Crippen LogP contribution in [0, 0.1) is 12.2 Å². The summed E-state index contributed by atoms with van der Waals surface area (Å²) in [6.07, 6.45) is 7.56. The van der Waals surface area contributed by atoms with Gasteiger partial charge in [0.05, 0.1) is 0 Å². The van der Waals surface area contributed by atoms with Crippen molar-refractivity contribution in [3.8, 4) is 0 Å². The van der Waals surface area contributed by atoms with Crippen LogP contribution in [0.5, 0.6) is 0 Å². The van der Waals surface area contributed by atoms with E-state index in [2.05, 4.69) is 131 Å². The topological polar surface area (TPSA) is 6.48 Å². The van der Waals surface area contributed by atoms with Crippen molar-refractivity contribution >= 4 is 65.4 Å². The minimum Gasteiger partial charge on any atom is -0.325 e. The molecular formula is C30H56BaN2Si2. The van der Waals surface area contributed by atoms with E-state index >= 15 is 0 Å². The van der Waals surface area contributed by atoms with Gasteiger partial charge < -0.3 is 9.13 Å². The Morgan fingerprint density at radius 2 is 0.800 bits per heavy atom. The van der Waals surface area contributed by atoms with Crippen LogP contribution < -0.4 is 0 Å². The molecule has 0 fully saturated rings. The summed E-state index contributed by atoms with van der Waals surface area (Å²) in [6, 6.07) is 0. The summed E-state index contributed by atoms with van der Waals surface area (Å²) < 4.78 is 5.35.